The molecule has 2 aliphatic rings. The molecule has 2 aromatic rings. The zero-order chi connectivity index (χ0) is 18.6. The number of nitrogens with zero attached hydrogens (tertiary/aromatic N) is 4. The van der Waals surface area contributed by atoms with Gasteiger partial charge in [-0.3, -0.25) is 24.6 Å². The van der Waals surface area contributed by atoms with Gasteiger partial charge in [0, 0.05) is 30.9 Å². The van der Waals surface area contributed by atoms with Crippen LogP contribution in [0.5, 0.6) is 0 Å². The van der Waals surface area contributed by atoms with Crippen molar-refractivity contribution < 1.29 is 14.0 Å². The van der Waals surface area contributed by atoms with Crippen molar-refractivity contribution in [1.29, 1.82) is 0 Å². The van der Waals surface area contributed by atoms with Crippen LogP contribution in [0.3, 0.4) is 0 Å². The third kappa shape index (κ3) is 4.13. The summed E-state index contributed by atoms with van der Waals surface area (Å²) in [4.78, 5) is 31.0. The van der Waals surface area contributed by atoms with Crippen LogP contribution in [0.2, 0.25) is 0 Å². The molecule has 0 unspecified atom stereocenters. The predicted molar refractivity (Wildman–Crippen MR) is 95.5 cm³/mol. The van der Waals surface area contributed by atoms with Crippen LogP contribution in [0, 0.1) is 17.7 Å². The number of rotatable bonds is 4. The molecule has 0 radical (unpaired) electrons. The van der Waals surface area contributed by atoms with Crippen LogP contribution in [-0.4, -0.2) is 32.5 Å². The van der Waals surface area contributed by atoms with Gasteiger partial charge < -0.3 is 0 Å². The molecule has 1 aliphatic carbocycles. The standard InChI is InChI=1S/C20H23FN4O2/c21-17-10-15(11-23-12-17)9-14-1-3-16(4-2-14)20(26)25-19(5-8-27-25)18-13-22-6-7-24-18/h6-7,10-14,16,19H,1-5,8-9H2/t14?,16?,19-/m0/s1. The zero-order valence-electron chi connectivity index (χ0n) is 15.1. The SMILES string of the molecule is O=C(C1CCC(Cc2cncc(F)c2)CC1)N1OCC[C@H]1c1cnccn1. The second-order valence-corrected chi connectivity index (χ2v) is 7.37. The molecule has 1 atom stereocenters. The minimum absolute atomic E-state index is 0.0239. The molecule has 27 heavy (non-hydrogen) atoms. The van der Waals surface area contributed by atoms with Gasteiger partial charge in [-0.2, -0.15) is 0 Å². The van der Waals surface area contributed by atoms with Crippen molar-refractivity contribution in [2.75, 3.05) is 6.61 Å². The molecule has 0 N–H and O–H groups in total. The molecule has 7 heteroatoms. The van der Waals surface area contributed by atoms with Gasteiger partial charge in [0.1, 0.15) is 11.9 Å². The Labute approximate surface area is 157 Å². The van der Waals surface area contributed by atoms with E-state index in [1.807, 2.05) is 0 Å². The highest BCUT2D eigenvalue weighted by atomic mass is 19.1. The van der Waals surface area contributed by atoms with Crippen LogP contribution in [0.25, 0.3) is 0 Å². The van der Waals surface area contributed by atoms with Gasteiger partial charge in [0.25, 0.3) is 0 Å². The van der Waals surface area contributed by atoms with Crippen molar-refractivity contribution in [2.45, 2.75) is 44.6 Å². The smallest absolute Gasteiger partial charge is 0.249 e. The predicted octanol–water partition coefficient (Wildman–Crippen LogP) is 3.26. The van der Waals surface area contributed by atoms with Gasteiger partial charge in [0.2, 0.25) is 5.91 Å². The fourth-order valence-corrected chi connectivity index (χ4v) is 4.13. The van der Waals surface area contributed by atoms with Gasteiger partial charge in [0.05, 0.1) is 24.7 Å². The third-order valence-electron chi connectivity index (χ3n) is 5.53. The van der Waals surface area contributed by atoms with Crippen LogP contribution < -0.4 is 0 Å². The maximum absolute atomic E-state index is 13.3. The van der Waals surface area contributed by atoms with Gasteiger partial charge in [-0.1, -0.05) is 0 Å². The highest BCUT2D eigenvalue weighted by molar-refractivity contribution is 5.78. The minimum atomic E-state index is -0.294. The molecule has 4 rings (SSSR count). The normalized spacial score (nSPS) is 25.5. The summed E-state index contributed by atoms with van der Waals surface area (Å²) in [5.41, 5.74) is 1.70. The highest BCUT2D eigenvalue weighted by Gasteiger charge is 2.37. The lowest BCUT2D eigenvalue weighted by Crippen LogP contribution is -2.37. The van der Waals surface area contributed by atoms with Crippen LogP contribution in [0.15, 0.2) is 37.1 Å². The summed E-state index contributed by atoms with van der Waals surface area (Å²) in [7, 11) is 0. The molecule has 1 saturated carbocycles. The molecule has 0 spiro atoms. The highest BCUT2D eigenvalue weighted by Crippen LogP contribution is 2.36. The summed E-state index contributed by atoms with van der Waals surface area (Å²) < 4.78 is 13.3. The first-order chi connectivity index (χ1) is 13.2. The maximum Gasteiger partial charge on any atom is 0.249 e. The molecule has 2 aromatic heterocycles. The number of pyridine rings is 1. The molecule has 6 nitrogen and oxygen atoms in total. The average Bonchev–Trinajstić information content (AvgIpc) is 3.19. The second kappa shape index (κ2) is 8.08. The Morgan fingerprint density at radius 2 is 1.96 bits per heavy atom. The number of amides is 1. The Morgan fingerprint density at radius 1 is 1.11 bits per heavy atom. The lowest BCUT2D eigenvalue weighted by Gasteiger charge is -2.31. The Bertz CT molecular complexity index is 781. The van der Waals surface area contributed by atoms with E-state index < -0.39 is 0 Å². The van der Waals surface area contributed by atoms with Gasteiger partial charge in [0.15, 0.2) is 0 Å². The quantitative estimate of drug-likeness (QED) is 0.826. The van der Waals surface area contributed by atoms with E-state index in [0.717, 1.165) is 49.8 Å². The number of halogens is 1. The van der Waals surface area contributed by atoms with E-state index in [-0.39, 0.29) is 23.7 Å². The third-order valence-corrected chi connectivity index (χ3v) is 5.53. The first kappa shape index (κ1) is 18.0. The van der Waals surface area contributed by atoms with Gasteiger partial charge in [-0.25, -0.2) is 9.45 Å². The molecular weight excluding hydrogens is 347 g/mol. The van der Waals surface area contributed by atoms with Crippen LogP contribution in [-0.2, 0) is 16.1 Å². The Kier molecular flexibility index (Phi) is 5.38. The summed E-state index contributed by atoms with van der Waals surface area (Å²) in [6.07, 6.45) is 13.0. The second-order valence-electron chi connectivity index (χ2n) is 7.37. The number of carbonyl (C=O) groups excluding carboxylic acids is 1. The molecule has 0 bridgehead atoms. The molecule has 2 fully saturated rings. The average molecular weight is 370 g/mol. The van der Waals surface area contributed by atoms with Crippen molar-refractivity contribution in [3.63, 3.8) is 0 Å². The van der Waals surface area contributed by atoms with Crippen LogP contribution in [0.1, 0.15) is 49.4 Å². The topological polar surface area (TPSA) is 68.2 Å². The minimum Gasteiger partial charge on any atom is -0.272 e. The number of hydroxylamine groups is 2. The number of aromatic nitrogens is 3. The van der Waals surface area contributed by atoms with E-state index in [4.69, 9.17) is 4.84 Å². The molecule has 142 valence electrons. The summed E-state index contributed by atoms with van der Waals surface area (Å²) >= 11 is 0. The Hall–Kier alpha value is -2.41. The molecular formula is C20H23FN4O2. The van der Waals surface area contributed by atoms with E-state index in [1.54, 1.807) is 30.9 Å². The zero-order valence-corrected chi connectivity index (χ0v) is 15.1. The van der Waals surface area contributed by atoms with Gasteiger partial charge in [-0.05, 0) is 49.7 Å². The van der Waals surface area contributed by atoms with Crippen molar-refractivity contribution in [3.8, 4) is 0 Å². The largest absolute Gasteiger partial charge is 0.272 e. The molecule has 0 aromatic carbocycles. The summed E-state index contributed by atoms with van der Waals surface area (Å²) in [6, 6.07) is 1.40. The van der Waals surface area contributed by atoms with Crippen molar-refractivity contribution in [1.82, 2.24) is 20.0 Å². The van der Waals surface area contributed by atoms with E-state index in [1.165, 1.54) is 11.3 Å². The molecule has 3 heterocycles. The lowest BCUT2D eigenvalue weighted by molar-refractivity contribution is -0.183. The number of hydrogen-bond acceptors (Lipinski definition) is 5. The summed E-state index contributed by atoms with van der Waals surface area (Å²) in [5.74, 6) is 0.198. The monoisotopic (exact) mass is 370 g/mol. The summed E-state index contributed by atoms with van der Waals surface area (Å²) in [6.45, 7) is 0.523. The fourth-order valence-electron chi connectivity index (χ4n) is 4.13. The lowest BCUT2D eigenvalue weighted by atomic mass is 9.79. The van der Waals surface area contributed by atoms with E-state index >= 15 is 0 Å². The van der Waals surface area contributed by atoms with Crippen molar-refractivity contribution >= 4 is 5.91 Å². The van der Waals surface area contributed by atoms with E-state index in [9.17, 15) is 9.18 Å². The Morgan fingerprint density at radius 3 is 2.70 bits per heavy atom. The molecule has 1 saturated heterocycles. The Balaban J connectivity index is 1.34. The van der Waals surface area contributed by atoms with E-state index in [0.29, 0.717) is 12.5 Å². The van der Waals surface area contributed by atoms with Crippen molar-refractivity contribution in [2.24, 2.45) is 11.8 Å². The first-order valence-electron chi connectivity index (χ1n) is 9.52. The van der Waals surface area contributed by atoms with Gasteiger partial charge >= 0.3 is 0 Å². The maximum atomic E-state index is 13.3. The molecule has 1 aliphatic heterocycles. The van der Waals surface area contributed by atoms with Crippen LogP contribution >= 0.6 is 0 Å². The van der Waals surface area contributed by atoms with Crippen LogP contribution in [0.4, 0.5) is 4.39 Å². The number of carbonyl (C=O) groups is 1. The van der Waals surface area contributed by atoms with E-state index in [2.05, 4.69) is 15.0 Å². The molecule has 1 amide bonds. The first-order valence-corrected chi connectivity index (χ1v) is 9.52. The number of hydrogen-bond donors (Lipinski definition) is 0. The van der Waals surface area contributed by atoms with Gasteiger partial charge in [-0.15, -0.1) is 0 Å². The van der Waals surface area contributed by atoms with Crippen molar-refractivity contribution in [3.05, 3.63) is 54.1 Å². The fraction of sp³-hybridized carbons (Fsp3) is 0.500. The summed E-state index contributed by atoms with van der Waals surface area (Å²) in [5, 5.41) is 1.52.